The van der Waals surface area contributed by atoms with Crippen molar-refractivity contribution in [3.8, 4) is 5.75 Å². The molecule has 1 rings (SSSR count). The Kier molecular flexibility index (Phi) is 7.23. The minimum atomic E-state index is 0.266. The fraction of sp³-hybridized carbons (Fsp3) is 0.571. The topological polar surface area (TPSA) is 41.5 Å². The average Bonchev–Trinajstić information content (AvgIpc) is 2.36. The molecular formula is C14H23NO2. The molecule has 0 saturated heterocycles. The number of nitrogens with one attached hydrogen (secondary N) is 1. The summed E-state index contributed by atoms with van der Waals surface area (Å²) in [6.45, 7) is 4.09. The van der Waals surface area contributed by atoms with Gasteiger partial charge in [-0.05, 0) is 31.4 Å². The van der Waals surface area contributed by atoms with Gasteiger partial charge in [0, 0.05) is 24.9 Å². The molecule has 0 fully saturated rings. The van der Waals surface area contributed by atoms with Crippen molar-refractivity contribution in [2.75, 3.05) is 25.1 Å². The minimum absolute atomic E-state index is 0.266. The molecule has 0 bridgehead atoms. The fourth-order valence-electron chi connectivity index (χ4n) is 1.50. The number of hydrogen-bond acceptors (Lipinski definition) is 3. The maximum absolute atomic E-state index is 8.68. The molecule has 0 aliphatic rings. The Bertz CT molecular complexity index is 302. The number of aliphatic hydroxyl groups is 1. The molecule has 3 nitrogen and oxygen atoms in total. The van der Waals surface area contributed by atoms with Gasteiger partial charge in [-0.25, -0.2) is 0 Å². The van der Waals surface area contributed by atoms with Crippen LogP contribution < -0.4 is 10.1 Å². The summed E-state index contributed by atoms with van der Waals surface area (Å²) in [6, 6.07) is 8.03. The number of hydrogen-bond donors (Lipinski definition) is 2. The summed E-state index contributed by atoms with van der Waals surface area (Å²) in [7, 11) is 0. The summed E-state index contributed by atoms with van der Waals surface area (Å²) in [4.78, 5) is 0. The van der Waals surface area contributed by atoms with Gasteiger partial charge in [-0.2, -0.15) is 0 Å². The van der Waals surface area contributed by atoms with Gasteiger partial charge in [-0.1, -0.05) is 19.4 Å². The summed E-state index contributed by atoms with van der Waals surface area (Å²) in [5, 5.41) is 12.0. The lowest BCUT2D eigenvalue weighted by Gasteiger charge is -2.09. The summed E-state index contributed by atoms with van der Waals surface area (Å²) in [5.41, 5.74) is 1.08. The third-order valence-electron chi connectivity index (χ3n) is 2.51. The van der Waals surface area contributed by atoms with Crippen LogP contribution in [0, 0.1) is 0 Å². The summed E-state index contributed by atoms with van der Waals surface area (Å²) in [6.07, 6.45) is 4.07. The largest absolute Gasteiger partial charge is 0.494 e. The van der Waals surface area contributed by atoms with E-state index in [0.29, 0.717) is 0 Å². The van der Waals surface area contributed by atoms with Crippen LogP contribution in [0.4, 0.5) is 5.69 Å². The first-order chi connectivity index (χ1) is 8.36. The van der Waals surface area contributed by atoms with E-state index >= 15 is 0 Å². The molecule has 0 saturated carbocycles. The van der Waals surface area contributed by atoms with Crippen molar-refractivity contribution in [3.63, 3.8) is 0 Å². The Morgan fingerprint density at radius 1 is 1.24 bits per heavy atom. The monoisotopic (exact) mass is 237 g/mol. The van der Waals surface area contributed by atoms with Gasteiger partial charge in [-0.3, -0.25) is 0 Å². The standard InChI is InChI=1S/C14H23NO2/c1-2-3-11-17-14-8-6-7-13(12-14)15-9-4-5-10-16/h6-8,12,15-16H,2-5,9-11H2,1H3. The summed E-state index contributed by atoms with van der Waals surface area (Å²) < 4.78 is 5.63. The van der Waals surface area contributed by atoms with E-state index in [1.165, 1.54) is 0 Å². The van der Waals surface area contributed by atoms with Crippen LogP contribution >= 0.6 is 0 Å². The highest BCUT2D eigenvalue weighted by Gasteiger charge is 1.96. The Hall–Kier alpha value is -1.22. The lowest BCUT2D eigenvalue weighted by Crippen LogP contribution is -2.03. The van der Waals surface area contributed by atoms with E-state index in [-0.39, 0.29) is 6.61 Å². The molecule has 0 radical (unpaired) electrons. The SMILES string of the molecule is CCCCOc1cccc(NCCCCO)c1. The molecular weight excluding hydrogens is 214 g/mol. The van der Waals surface area contributed by atoms with Crippen molar-refractivity contribution in [1.29, 1.82) is 0 Å². The van der Waals surface area contributed by atoms with Crippen LogP contribution in [0.15, 0.2) is 24.3 Å². The van der Waals surface area contributed by atoms with E-state index in [1.807, 2.05) is 24.3 Å². The zero-order chi connectivity index (χ0) is 12.3. The zero-order valence-electron chi connectivity index (χ0n) is 10.6. The number of benzene rings is 1. The summed E-state index contributed by atoms with van der Waals surface area (Å²) >= 11 is 0. The van der Waals surface area contributed by atoms with Gasteiger partial charge < -0.3 is 15.2 Å². The Balaban J connectivity index is 2.31. The van der Waals surface area contributed by atoms with E-state index in [2.05, 4.69) is 12.2 Å². The second-order valence-corrected chi connectivity index (χ2v) is 4.09. The van der Waals surface area contributed by atoms with Crippen LogP contribution in [-0.2, 0) is 0 Å². The molecule has 0 aromatic heterocycles. The quantitative estimate of drug-likeness (QED) is 0.649. The van der Waals surface area contributed by atoms with Crippen molar-refractivity contribution in [1.82, 2.24) is 0 Å². The average molecular weight is 237 g/mol. The third kappa shape index (κ3) is 6.17. The van der Waals surface area contributed by atoms with Crippen LogP contribution in [0.1, 0.15) is 32.6 Å². The van der Waals surface area contributed by atoms with Gasteiger partial charge in [0.15, 0.2) is 0 Å². The molecule has 3 heteroatoms. The molecule has 1 aromatic rings. The van der Waals surface area contributed by atoms with Crippen molar-refractivity contribution in [3.05, 3.63) is 24.3 Å². The van der Waals surface area contributed by atoms with E-state index in [4.69, 9.17) is 9.84 Å². The predicted octanol–water partition coefficient (Wildman–Crippen LogP) is 3.05. The van der Waals surface area contributed by atoms with Crippen LogP contribution in [0.2, 0.25) is 0 Å². The predicted molar refractivity (Wildman–Crippen MR) is 71.7 cm³/mol. The maximum atomic E-state index is 8.68. The van der Waals surface area contributed by atoms with Crippen LogP contribution in [0.3, 0.4) is 0 Å². The number of unbranched alkanes of at least 4 members (excludes halogenated alkanes) is 2. The fourth-order valence-corrected chi connectivity index (χ4v) is 1.50. The first kappa shape index (κ1) is 13.8. The highest BCUT2D eigenvalue weighted by atomic mass is 16.5. The molecule has 0 aliphatic carbocycles. The first-order valence-electron chi connectivity index (χ1n) is 6.44. The second kappa shape index (κ2) is 8.88. The number of aliphatic hydroxyl groups excluding tert-OH is 1. The van der Waals surface area contributed by atoms with Gasteiger partial charge >= 0.3 is 0 Å². The molecule has 0 unspecified atom stereocenters. The minimum Gasteiger partial charge on any atom is -0.494 e. The lowest BCUT2D eigenvalue weighted by atomic mass is 10.2. The number of ether oxygens (including phenoxy) is 1. The molecule has 0 spiro atoms. The van der Waals surface area contributed by atoms with Crippen molar-refractivity contribution >= 4 is 5.69 Å². The molecule has 96 valence electrons. The van der Waals surface area contributed by atoms with Crippen LogP contribution in [0.5, 0.6) is 5.75 Å². The highest BCUT2D eigenvalue weighted by Crippen LogP contribution is 2.17. The Morgan fingerprint density at radius 3 is 2.88 bits per heavy atom. The number of anilines is 1. The van der Waals surface area contributed by atoms with Crippen LogP contribution in [-0.4, -0.2) is 24.9 Å². The Morgan fingerprint density at radius 2 is 2.12 bits per heavy atom. The van der Waals surface area contributed by atoms with Crippen molar-refractivity contribution in [2.45, 2.75) is 32.6 Å². The maximum Gasteiger partial charge on any atom is 0.121 e. The smallest absolute Gasteiger partial charge is 0.121 e. The van der Waals surface area contributed by atoms with Gasteiger partial charge in [0.2, 0.25) is 0 Å². The summed E-state index contributed by atoms with van der Waals surface area (Å²) in [5.74, 6) is 0.922. The molecule has 0 amide bonds. The molecule has 0 aliphatic heterocycles. The first-order valence-corrected chi connectivity index (χ1v) is 6.44. The van der Waals surface area contributed by atoms with E-state index in [0.717, 1.165) is 50.3 Å². The number of rotatable bonds is 9. The normalized spacial score (nSPS) is 10.2. The zero-order valence-corrected chi connectivity index (χ0v) is 10.6. The molecule has 1 aromatic carbocycles. The van der Waals surface area contributed by atoms with E-state index < -0.39 is 0 Å². The highest BCUT2D eigenvalue weighted by molar-refractivity contribution is 5.48. The lowest BCUT2D eigenvalue weighted by molar-refractivity contribution is 0.286. The van der Waals surface area contributed by atoms with E-state index in [9.17, 15) is 0 Å². The van der Waals surface area contributed by atoms with Gasteiger partial charge in [0.25, 0.3) is 0 Å². The molecule has 17 heavy (non-hydrogen) atoms. The second-order valence-electron chi connectivity index (χ2n) is 4.09. The van der Waals surface area contributed by atoms with Gasteiger partial charge in [-0.15, -0.1) is 0 Å². The molecule has 0 atom stereocenters. The van der Waals surface area contributed by atoms with Gasteiger partial charge in [0.1, 0.15) is 5.75 Å². The van der Waals surface area contributed by atoms with Crippen molar-refractivity contribution < 1.29 is 9.84 Å². The Labute approximate surface area is 104 Å². The third-order valence-corrected chi connectivity index (χ3v) is 2.51. The van der Waals surface area contributed by atoms with E-state index in [1.54, 1.807) is 0 Å². The van der Waals surface area contributed by atoms with Gasteiger partial charge in [0.05, 0.1) is 6.61 Å². The van der Waals surface area contributed by atoms with Crippen molar-refractivity contribution in [2.24, 2.45) is 0 Å². The molecule has 2 N–H and O–H groups in total. The van der Waals surface area contributed by atoms with Crippen LogP contribution in [0.25, 0.3) is 0 Å². The molecule has 0 heterocycles.